The molecule has 0 unspecified atom stereocenters. The van der Waals surface area contributed by atoms with Gasteiger partial charge in [-0.05, 0) is 24.3 Å². The van der Waals surface area contributed by atoms with Crippen molar-refractivity contribution >= 4 is 21.4 Å². The predicted octanol–water partition coefficient (Wildman–Crippen LogP) is 2.81. The van der Waals surface area contributed by atoms with Gasteiger partial charge in [0.15, 0.2) is 0 Å². The average Bonchev–Trinajstić information content (AvgIpc) is 2.39. The van der Waals surface area contributed by atoms with E-state index in [9.17, 15) is 31.7 Å². The van der Waals surface area contributed by atoms with Gasteiger partial charge in [0.2, 0.25) is 5.82 Å². The quantitative estimate of drug-likeness (QED) is 0.689. The molecule has 2 aromatic rings. The topological polar surface area (TPSA) is 89.3 Å². The van der Waals surface area contributed by atoms with E-state index in [-0.39, 0.29) is 5.69 Å². The van der Waals surface area contributed by atoms with Gasteiger partial charge in [-0.2, -0.15) is 4.39 Å². The Morgan fingerprint density at radius 2 is 1.68 bits per heavy atom. The zero-order chi connectivity index (χ0) is 16.5. The van der Waals surface area contributed by atoms with E-state index in [1.165, 1.54) is 0 Å². The lowest BCUT2D eigenvalue weighted by atomic mass is 10.3. The van der Waals surface area contributed by atoms with Crippen LogP contribution in [0.3, 0.4) is 0 Å². The van der Waals surface area contributed by atoms with Crippen LogP contribution in [0.5, 0.6) is 0 Å². The number of nitro groups is 1. The third-order valence-electron chi connectivity index (χ3n) is 2.58. The molecule has 22 heavy (non-hydrogen) atoms. The van der Waals surface area contributed by atoms with Crippen LogP contribution in [0.4, 0.5) is 24.5 Å². The van der Waals surface area contributed by atoms with Gasteiger partial charge in [0.1, 0.15) is 16.5 Å². The van der Waals surface area contributed by atoms with Crippen LogP contribution in [-0.2, 0) is 10.0 Å². The van der Waals surface area contributed by atoms with Crippen molar-refractivity contribution in [2.24, 2.45) is 0 Å². The van der Waals surface area contributed by atoms with Gasteiger partial charge in [-0.1, -0.05) is 0 Å². The van der Waals surface area contributed by atoms with Crippen molar-refractivity contribution in [3.05, 3.63) is 64.0 Å². The van der Waals surface area contributed by atoms with Gasteiger partial charge in [0, 0.05) is 12.1 Å². The van der Waals surface area contributed by atoms with Crippen molar-refractivity contribution in [1.82, 2.24) is 0 Å². The molecule has 0 bridgehead atoms. The first kappa shape index (κ1) is 15.8. The lowest BCUT2D eigenvalue weighted by molar-refractivity contribution is -0.387. The van der Waals surface area contributed by atoms with E-state index in [4.69, 9.17) is 0 Å². The third kappa shape index (κ3) is 3.17. The normalized spacial score (nSPS) is 11.2. The Hall–Kier alpha value is -2.62. The first-order valence-corrected chi connectivity index (χ1v) is 7.11. The molecule has 0 spiro atoms. The van der Waals surface area contributed by atoms with Crippen molar-refractivity contribution in [3.8, 4) is 0 Å². The number of hydrogen-bond acceptors (Lipinski definition) is 4. The molecule has 116 valence electrons. The van der Waals surface area contributed by atoms with Gasteiger partial charge in [-0.15, -0.1) is 0 Å². The van der Waals surface area contributed by atoms with E-state index in [1.54, 1.807) is 0 Å². The van der Waals surface area contributed by atoms with Gasteiger partial charge in [0.05, 0.1) is 10.6 Å². The fraction of sp³-hybridized carbons (Fsp3) is 0. The Bertz CT molecular complexity index is 855. The van der Waals surface area contributed by atoms with Gasteiger partial charge in [-0.25, -0.2) is 17.2 Å². The maximum Gasteiger partial charge on any atom is 0.306 e. The van der Waals surface area contributed by atoms with Crippen LogP contribution in [0.15, 0.2) is 41.3 Å². The molecule has 1 N–H and O–H groups in total. The standard InChI is InChI=1S/C12H7F3N2O4S/c13-7-1-4-12(10(15)5-7)22(20,21)16-8-2-3-9(14)11(6-8)17(18)19/h1-6,16H. The summed E-state index contributed by atoms with van der Waals surface area (Å²) in [4.78, 5) is 8.71. The molecule has 0 aliphatic heterocycles. The highest BCUT2D eigenvalue weighted by atomic mass is 32.2. The SMILES string of the molecule is O=[N+]([O-])c1cc(NS(=O)(=O)c2ccc(F)cc2F)ccc1F. The van der Waals surface area contributed by atoms with Crippen LogP contribution in [0.2, 0.25) is 0 Å². The number of benzene rings is 2. The highest BCUT2D eigenvalue weighted by molar-refractivity contribution is 7.92. The Morgan fingerprint density at radius 1 is 1.00 bits per heavy atom. The van der Waals surface area contributed by atoms with Crippen molar-refractivity contribution in [2.45, 2.75) is 4.90 Å². The van der Waals surface area contributed by atoms with Crippen molar-refractivity contribution in [2.75, 3.05) is 4.72 Å². The minimum atomic E-state index is -4.45. The summed E-state index contributed by atoms with van der Waals surface area (Å²) in [5.74, 6) is -3.45. The lowest BCUT2D eigenvalue weighted by Crippen LogP contribution is -2.15. The van der Waals surface area contributed by atoms with Crippen LogP contribution in [0.25, 0.3) is 0 Å². The Labute approximate surface area is 122 Å². The molecule has 6 nitrogen and oxygen atoms in total. The second kappa shape index (κ2) is 5.64. The zero-order valence-electron chi connectivity index (χ0n) is 10.6. The van der Waals surface area contributed by atoms with E-state index in [0.717, 1.165) is 12.1 Å². The Morgan fingerprint density at radius 3 is 2.27 bits per heavy atom. The van der Waals surface area contributed by atoms with Crippen LogP contribution in [0, 0.1) is 27.6 Å². The van der Waals surface area contributed by atoms with E-state index >= 15 is 0 Å². The van der Waals surface area contributed by atoms with E-state index in [0.29, 0.717) is 24.3 Å². The van der Waals surface area contributed by atoms with Gasteiger partial charge in [-0.3, -0.25) is 14.8 Å². The summed E-state index contributed by atoms with van der Waals surface area (Å²) in [6, 6.07) is 4.09. The van der Waals surface area contributed by atoms with Crippen molar-refractivity contribution in [1.29, 1.82) is 0 Å². The molecule has 0 fully saturated rings. The molecule has 0 radical (unpaired) electrons. The highest BCUT2D eigenvalue weighted by Gasteiger charge is 2.22. The number of sulfonamides is 1. The molecule has 0 aliphatic rings. The van der Waals surface area contributed by atoms with E-state index in [1.807, 2.05) is 4.72 Å². The molecule has 0 heterocycles. The summed E-state index contributed by atoms with van der Waals surface area (Å²) in [7, 11) is -4.45. The summed E-state index contributed by atoms with van der Waals surface area (Å²) < 4.78 is 65.2. The van der Waals surface area contributed by atoms with E-state index in [2.05, 4.69) is 0 Å². The summed E-state index contributed by atoms with van der Waals surface area (Å²) >= 11 is 0. The molecule has 0 aliphatic carbocycles. The number of rotatable bonds is 4. The number of nitrogens with one attached hydrogen (secondary N) is 1. The fourth-order valence-electron chi connectivity index (χ4n) is 1.62. The largest absolute Gasteiger partial charge is 0.306 e. The van der Waals surface area contributed by atoms with Crippen LogP contribution in [0.1, 0.15) is 0 Å². The lowest BCUT2D eigenvalue weighted by Gasteiger charge is -2.09. The molecule has 2 rings (SSSR count). The number of anilines is 1. The summed E-state index contributed by atoms with van der Waals surface area (Å²) in [5, 5.41) is 10.6. The smallest absolute Gasteiger partial charge is 0.279 e. The second-order valence-electron chi connectivity index (χ2n) is 4.10. The highest BCUT2D eigenvalue weighted by Crippen LogP contribution is 2.24. The minimum absolute atomic E-state index is 0.336. The number of hydrogen-bond donors (Lipinski definition) is 1. The fourth-order valence-corrected chi connectivity index (χ4v) is 2.73. The van der Waals surface area contributed by atoms with Crippen LogP contribution >= 0.6 is 0 Å². The first-order chi connectivity index (χ1) is 10.2. The Balaban J connectivity index is 2.41. The van der Waals surface area contributed by atoms with Gasteiger partial charge < -0.3 is 0 Å². The number of nitrogens with zero attached hydrogens (tertiary/aromatic N) is 1. The molecular weight excluding hydrogens is 325 g/mol. The van der Waals surface area contributed by atoms with Crippen molar-refractivity contribution in [3.63, 3.8) is 0 Å². The molecular formula is C12H7F3N2O4S. The summed E-state index contributed by atoms with van der Waals surface area (Å²) in [6.45, 7) is 0. The number of halogens is 3. The zero-order valence-corrected chi connectivity index (χ0v) is 11.4. The van der Waals surface area contributed by atoms with Crippen LogP contribution < -0.4 is 4.72 Å². The maximum atomic E-state index is 13.5. The molecule has 0 saturated heterocycles. The number of nitro benzene ring substituents is 1. The summed E-state index contributed by atoms with van der Waals surface area (Å²) in [6.07, 6.45) is 0. The monoisotopic (exact) mass is 332 g/mol. The van der Waals surface area contributed by atoms with Gasteiger partial charge >= 0.3 is 5.69 Å². The average molecular weight is 332 g/mol. The van der Waals surface area contributed by atoms with E-state index < -0.39 is 43.0 Å². The Kier molecular flexibility index (Phi) is 4.04. The molecule has 0 saturated carbocycles. The predicted molar refractivity (Wildman–Crippen MR) is 70.2 cm³/mol. The van der Waals surface area contributed by atoms with Crippen molar-refractivity contribution < 1.29 is 26.5 Å². The molecule has 0 aromatic heterocycles. The summed E-state index contributed by atoms with van der Waals surface area (Å²) in [5.41, 5.74) is -1.28. The second-order valence-corrected chi connectivity index (χ2v) is 5.75. The minimum Gasteiger partial charge on any atom is -0.279 e. The molecule has 0 atom stereocenters. The molecule has 10 heteroatoms. The third-order valence-corrected chi connectivity index (χ3v) is 3.99. The molecule has 2 aromatic carbocycles. The molecule has 0 amide bonds. The van der Waals surface area contributed by atoms with Crippen LogP contribution in [-0.4, -0.2) is 13.3 Å². The van der Waals surface area contributed by atoms with Gasteiger partial charge in [0.25, 0.3) is 10.0 Å². The first-order valence-electron chi connectivity index (χ1n) is 5.62. The maximum absolute atomic E-state index is 13.5.